The van der Waals surface area contributed by atoms with Crippen LogP contribution < -0.4 is 14.9 Å². The van der Waals surface area contributed by atoms with Gasteiger partial charge in [0.25, 0.3) is 0 Å². The molecule has 4 nitrogen and oxygen atoms in total. The Labute approximate surface area is 160 Å². The van der Waals surface area contributed by atoms with E-state index in [4.69, 9.17) is 13.9 Å². The average Bonchev–Trinajstić information content (AvgIpc) is 2.73. The van der Waals surface area contributed by atoms with Gasteiger partial charge in [-0.25, -0.2) is 4.39 Å². The second-order valence-corrected chi connectivity index (χ2v) is 6.28. The maximum Gasteiger partial charge on any atom is 0.200 e. The summed E-state index contributed by atoms with van der Waals surface area (Å²) in [5, 5.41) is 0.464. The van der Waals surface area contributed by atoms with E-state index < -0.39 is 0 Å². The summed E-state index contributed by atoms with van der Waals surface area (Å²) < 4.78 is 29.8. The van der Waals surface area contributed by atoms with Gasteiger partial charge < -0.3 is 13.9 Å². The van der Waals surface area contributed by atoms with E-state index in [0.717, 1.165) is 11.1 Å². The Morgan fingerprint density at radius 3 is 2.50 bits per heavy atom. The standard InChI is InChI=1S/C23H17FO4/c1-26-18-7-5-16(6-8-18)21-14-28-22-12-19(9-10-20(22)23(21)25)27-13-15-3-2-4-17(24)11-15/h2-12,14H,13H2,1H3. The van der Waals surface area contributed by atoms with E-state index in [1.54, 1.807) is 49.6 Å². The number of fused-ring (bicyclic) bond motifs is 1. The molecular weight excluding hydrogens is 359 g/mol. The zero-order valence-corrected chi connectivity index (χ0v) is 15.1. The summed E-state index contributed by atoms with van der Waals surface area (Å²) in [6.45, 7) is 0.220. The Morgan fingerprint density at radius 1 is 0.964 bits per heavy atom. The molecule has 3 aromatic carbocycles. The van der Waals surface area contributed by atoms with Gasteiger partial charge in [0.2, 0.25) is 0 Å². The minimum atomic E-state index is -0.309. The molecule has 4 rings (SSSR count). The quantitative estimate of drug-likeness (QED) is 0.481. The van der Waals surface area contributed by atoms with Crippen LogP contribution in [-0.2, 0) is 6.61 Å². The number of rotatable bonds is 5. The molecule has 1 heterocycles. The predicted molar refractivity (Wildman–Crippen MR) is 105 cm³/mol. The smallest absolute Gasteiger partial charge is 0.200 e. The first-order valence-corrected chi connectivity index (χ1v) is 8.71. The van der Waals surface area contributed by atoms with E-state index in [9.17, 15) is 9.18 Å². The van der Waals surface area contributed by atoms with Gasteiger partial charge in [0.05, 0.1) is 18.1 Å². The highest BCUT2D eigenvalue weighted by Gasteiger charge is 2.10. The van der Waals surface area contributed by atoms with E-state index in [1.165, 1.54) is 18.4 Å². The van der Waals surface area contributed by atoms with E-state index in [0.29, 0.717) is 28.0 Å². The van der Waals surface area contributed by atoms with Crippen LogP contribution in [0.1, 0.15) is 5.56 Å². The summed E-state index contributed by atoms with van der Waals surface area (Å²) in [6.07, 6.45) is 1.45. The molecule has 0 bridgehead atoms. The van der Waals surface area contributed by atoms with Gasteiger partial charge in [-0.15, -0.1) is 0 Å². The van der Waals surface area contributed by atoms with Crippen LogP contribution >= 0.6 is 0 Å². The van der Waals surface area contributed by atoms with Crippen LogP contribution in [0.25, 0.3) is 22.1 Å². The third-order valence-corrected chi connectivity index (χ3v) is 4.44. The van der Waals surface area contributed by atoms with Gasteiger partial charge in [0.1, 0.15) is 35.8 Å². The van der Waals surface area contributed by atoms with Crippen LogP contribution in [-0.4, -0.2) is 7.11 Å². The van der Waals surface area contributed by atoms with Crippen LogP contribution in [0.3, 0.4) is 0 Å². The van der Waals surface area contributed by atoms with Crippen molar-refractivity contribution in [3.05, 3.63) is 94.6 Å². The first kappa shape index (κ1) is 17.8. The number of benzene rings is 3. The molecule has 140 valence electrons. The van der Waals surface area contributed by atoms with Gasteiger partial charge in [-0.1, -0.05) is 24.3 Å². The Balaban J connectivity index is 1.61. The van der Waals surface area contributed by atoms with Crippen molar-refractivity contribution in [2.45, 2.75) is 6.61 Å². The maximum atomic E-state index is 13.3. The second-order valence-electron chi connectivity index (χ2n) is 6.28. The molecule has 0 N–H and O–H groups in total. The molecule has 28 heavy (non-hydrogen) atoms. The number of hydrogen-bond donors (Lipinski definition) is 0. The van der Waals surface area contributed by atoms with Crippen molar-refractivity contribution in [2.24, 2.45) is 0 Å². The van der Waals surface area contributed by atoms with Gasteiger partial charge in [0.15, 0.2) is 5.43 Å². The molecule has 5 heteroatoms. The normalized spacial score (nSPS) is 10.8. The zero-order chi connectivity index (χ0) is 19.5. The fourth-order valence-electron chi connectivity index (χ4n) is 2.96. The molecule has 0 aliphatic heterocycles. The minimum Gasteiger partial charge on any atom is -0.497 e. The summed E-state index contributed by atoms with van der Waals surface area (Å²) >= 11 is 0. The van der Waals surface area contributed by atoms with E-state index in [1.807, 2.05) is 12.1 Å². The molecule has 0 fully saturated rings. The minimum absolute atomic E-state index is 0.122. The lowest BCUT2D eigenvalue weighted by Gasteiger charge is -2.08. The second kappa shape index (κ2) is 7.56. The van der Waals surface area contributed by atoms with Crippen molar-refractivity contribution in [1.82, 2.24) is 0 Å². The molecule has 0 aliphatic carbocycles. The van der Waals surface area contributed by atoms with Crippen LogP contribution in [0.15, 0.2) is 82.2 Å². The van der Waals surface area contributed by atoms with E-state index in [2.05, 4.69) is 0 Å². The van der Waals surface area contributed by atoms with Gasteiger partial charge >= 0.3 is 0 Å². The first-order chi connectivity index (χ1) is 13.6. The number of ether oxygens (including phenoxy) is 2. The van der Waals surface area contributed by atoms with E-state index in [-0.39, 0.29) is 17.9 Å². The lowest BCUT2D eigenvalue weighted by molar-refractivity contribution is 0.305. The monoisotopic (exact) mass is 376 g/mol. The van der Waals surface area contributed by atoms with Crippen molar-refractivity contribution < 1.29 is 18.3 Å². The number of methoxy groups -OCH3 is 1. The highest BCUT2D eigenvalue weighted by molar-refractivity contribution is 5.82. The molecule has 0 saturated heterocycles. The molecule has 1 aromatic heterocycles. The SMILES string of the molecule is COc1ccc(-c2coc3cc(OCc4cccc(F)c4)ccc3c2=O)cc1. The van der Waals surface area contributed by atoms with Gasteiger partial charge in [-0.2, -0.15) is 0 Å². The Morgan fingerprint density at radius 2 is 1.75 bits per heavy atom. The van der Waals surface area contributed by atoms with Gasteiger partial charge in [0, 0.05) is 6.07 Å². The topological polar surface area (TPSA) is 48.7 Å². The molecule has 0 atom stereocenters. The summed E-state index contributed by atoms with van der Waals surface area (Å²) in [5.74, 6) is 0.947. The lowest BCUT2D eigenvalue weighted by Crippen LogP contribution is -2.05. The van der Waals surface area contributed by atoms with Crippen LogP contribution in [0, 0.1) is 5.82 Å². The number of hydrogen-bond acceptors (Lipinski definition) is 4. The molecule has 4 aromatic rings. The van der Waals surface area contributed by atoms with Crippen molar-refractivity contribution >= 4 is 11.0 Å². The van der Waals surface area contributed by atoms with Crippen LogP contribution in [0.4, 0.5) is 4.39 Å². The molecule has 0 radical (unpaired) electrons. The highest BCUT2D eigenvalue weighted by atomic mass is 19.1. The Bertz CT molecular complexity index is 1180. The number of halogens is 1. The van der Waals surface area contributed by atoms with E-state index >= 15 is 0 Å². The lowest BCUT2D eigenvalue weighted by atomic mass is 10.1. The summed E-state index contributed by atoms with van der Waals surface area (Å²) in [5.41, 5.74) is 2.25. The van der Waals surface area contributed by atoms with Crippen molar-refractivity contribution in [1.29, 1.82) is 0 Å². The maximum absolute atomic E-state index is 13.3. The zero-order valence-electron chi connectivity index (χ0n) is 15.1. The average molecular weight is 376 g/mol. The first-order valence-electron chi connectivity index (χ1n) is 8.71. The van der Waals surface area contributed by atoms with Crippen molar-refractivity contribution in [3.8, 4) is 22.6 Å². The van der Waals surface area contributed by atoms with Gasteiger partial charge in [-0.3, -0.25) is 4.79 Å². The fraction of sp³-hybridized carbons (Fsp3) is 0.0870. The fourth-order valence-corrected chi connectivity index (χ4v) is 2.96. The molecule has 0 unspecified atom stereocenters. The third-order valence-electron chi connectivity index (χ3n) is 4.44. The molecule has 0 spiro atoms. The predicted octanol–water partition coefficient (Wildman–Crippen LogP) is 5.19. The summed E-state index contributed by atoms with van der Waals surface area (Å²) in [6, 6.07) is 18.5. The molecule has 0 aliphatic rings. The van der Waals surface area contributed by atoms with Crippen LogP contribution in [0.5, 0.6) is 11.5 Å². The largest absolute Gasteiger partial charge is 0.497 e. The molecular formula is C23H17FO4. The Kier molecular flexibility index (Phi) is 4.81. The molecule has 0 saturated carbocycles. The summed E-state index contributed by atoms with van der Waals surface area (Å²) in [4.78, 5) is 12.8. The van der Waals surface area contributed by atoms with Crippen molar-refractivity contribution in [2.75, 3.05) is 7.11 Å². The van der Waals surface area contributed by atoms with Gasteiger partial charge in [-0.05, 0) is 47.5 Å². The third kappa shape index (κ3) is 3.60. The summed E-state index contributed by atoms with van der Waals surface area (Å²) in [7, 11) is 1.59. The van der Waals surface area contributed by atoms with Crippen molar-refractivity contribution in [3.63, 3.8) is 0 Å². The Hall–Kier alpha value is -3.60. The highest BCUT2D eigenvalue weighted by Crippen LogP contribution is 2.25. The molecule has 0 amide bonds. The van der Waals surface area contributed by atoms with Crippen LogP contribution in [0.2, 0.25) is 0 Å².